The van der Waals surface area contributed by atoms with Crippen molar-refractivity contribution in [1.29, 1.82) is 0 Å². The first kappa shape index (κ1) is 53.9. The number of halogens is 1. The van der Waals surface area contributed by atoms with Gasteiger partial charge in [-0.05, 0) is 122 Å². The Kier molecular flexibility index (Phi) is 15.1. The van der Waals surface area contributed by atoms with Crippen LogP contribution in [-0.4, -0.2) is 68.7 Å². The third kappa shape index (κ3) is 12.9. The number of nitrogens with two attached hydrogens (primary N) is 2. The molecule has 0 aliphatic carbocycles. The standard InChI is InChI=1S/C23H22N4.C23H21N3.C22H19ClN4/c1-15-4-8-18-13-25-21(24)19(20(18)12-15)11-7-16-5-9-17(10-6-16)22-26-14-23(2,3)27-22;1-16-4-10-19-11-9-18(14-21(19)25-16)6-5-17-7-12-20(13-8-17)22-24-15-23(2,3)26-22;1-22(2)13-26-21(27-22)15-9-6-14(7-10-15)8-11-17-16-4-3-5-19(23)18(16)12-25-20(17)24/h4-6,8-10,12-13H,14H2,1-3H3,(H2,24,25)(H,26,27);4,7-14H,15H2,1-3H3,(H,24,26);3-7,9-10,12H,13H2,1-2H3,(H2,24,25)(H,26,27). The molecule has 3 aromatic heterocycles. The molecular formula is C68H62ClN11. The van der Waals surface area contributed by atoms with Crippen molar-refractivity contribution in [2.75, 3.05) is 31.1 Å². The van der Waals surface area contributed by atoms with E-state index in [1.807, 2.05) is 110 Å². The number of aromatic nitrogens is 3. The van der Waals surface area contributed by atoms with Crippen LogP contribution < -0.4 is 27.4 Å². The number of nitrogen functional groups attached to an aromatic ring is 2. The van der Waals surface area contributed by atoms with E-state index in [4.69, 9.17) is 23.1 Å². The molecular weight excluding hydrogens is 1010 g/mol. The minimum absolute atomic E-state index is 0.00791. The molecule has 3 aliphatic rings. The SMILES string of the molecule is CC1(C)CN=C(c2ccc(C#Cc3c(N)ncc4c(Cl)cccc34)cc2)N1.Cc1ccc2ccc(C#Cc3ccc(C4=NCC(C)(C)N4)cc3)cc2n1.Cc1ccc2cnc(N)c(C#Cc3ccc(C4=NCC(C)(C)N4)cc3)c2c1. The predicted octanol–water partition coefficient (Wildman–Crippen LogP) is 11.7. The van der Waals surface area contributed by atoms with Gasteiger partial charge in [0.1, 0.15) is 29.1 Å². The maximum Gasteiger partial charge on any atom is 0.139 e. The first-order valence-corrected chi connectivity index (χ1v) is 26.9. The number of pyridine rings is 3. The number of nitrogens with zero attached hydrogens (tertiary/aromatic N) is 6. The summed E-state index contributed by atoms with van der Waals surface area (Å²) >= 11 is 6.25. The van der Waals surface area contributed by atoms with Crippen molar-refractivity contribution in [1.82, 2.24) is 30.9 Å². The molecule has 0 unspecified atom stereocenters. The van der Waals surface area contributed by atoms with E-state index in [9.17, 15) is 0 Å². The zero-order chi connectivity index (χ0) is 56.2. The molecule has 0 atom stereocenters. The predicted molar refractivity (Wildman–Crippen MR) is 332 cm³/mol. The molecule has 6 heterocycles. The lowest BCUT2D eigenvalue weighted by Crippen LogP contribution is -2.39. The number of hydrogen-bond acceptors (Lipinski definition) is 11. The number of hydrogen-bond donors (Lipinski definition) is 5. The van der Waals surface area contributed by atoms with Gasteiger partial charge in [0, 0.05) is 89.0 Å². The molecule has 11 nitrogen and oxygen atoms in total. The quantitative estimate of drug-likeness (QED) is 0.109. The second-order valence-corrected chi connectivity index (χ2v) is 22.6. The fourth-order valence-electron chi connectivity index (χ4n) is 9.19. The highest BCUT2D eigenvalue weighted by Crippen LogP contribution is 2.28. The number of benzene rings is 6. The number of anilines is 2. The van der Waals surface area contributed by atoms with Crippen LogP contribution in [0.5, 0.6) is 0 Å². The minimum Gasteiger partial charge on any atom is -0.383 e. The summed E-state index contributed by atoms with van der Waals surface area (Å²) in [6.45, 7) is 19.3. The molecule has 0 spiro atoms. The molecule has 0 fully saturated rings. The first-order chi connectivity index (χ1) is 38.3. The Morgan fingerprint density at radius 2 is 0.887 bits per heavy atom. The molecule has 396 valence electrons. The third-order valence-corrected chi connectivity index (χ3v) is 13.9. The van der Waals surface area contributed by atoms with Crippen LogP contribution in [0.1, 0.15) is 103 Å². The lowest BCUT2D eigenvalue weighted by molar-refractivity contribution is 0.506. The maximum absolute atomic E-state index is 6.25. The summed E-state index contributed by atoms with van der Waals surface area (Å²) in [5.74, 6) is 22.9. The van der Waals surface area contributed by atoms with Gasteiger partial charge in [-0.15, -0.1) is 0 Å². The highest BCUT2D eigenvalue weighted by molar-refractivity contribution is 6.35. The second-order valence-electron chi connectivity index (χ2n) is 22.2. The highest BCUT2D eigenvalue weighted by atomic mass is 35.5. The van der Waals surface area contributed by atoms with Crippen LogP contribution >= 0.6 is 11.6 Å². The molecule has 0 radical (unpaired) electrons. The van der Waals surface area contributed by atoms with E-state index in [0.29, 0.717) is 22.2 Å². The molecule has 9 aromatic rings. The Bertz CT molecular complexity index is 4040. The Morgan fingerprint density at radius 3 is 1.39 bits per heavy atom. The van der Waals surface area contributed by atoms with E-state index in [0.717, 1.165) is 120 Å². The topological polar surface area (TPSA) is 164 Å². The Hall–Kier alpha value is -9.47. The molecule has 3 aliphatic heterocycles. The number of nitrogens with one attached hydrogen (secondary N) is 3. The van der Waals surface area contributed by atoms with Gasteiger partial charge < -0.3 is 27.4 Å². The summed E-state index contributed by atoms with van der Waals surface area (Å²) in [6, 6.07) is 46.5. The van der Waals surface area contributed by atoms with E-state index < -0.39 is 0 Å². The molecule has 80 heavy (non-hydrogen) atoms. The smallest absolute Gasteiger partial charge is 0.139 e. The van der Waals surface area contributed by atoms with E-state index in [1.54, 1.807) is 12.4 Å². The van der Waals surface area contributed by atoms with Crippen molar-refractivity contribution < 1.29 is 0 Å². The van der Waals surface area contributed by atoms with Crippen molar-refractivity contribution in [3.8, 4) is 35.5 Å². The molecule has 12 rings (SSSR count). The number of amidine groups is 3. The highest BCUT2D eigenvalue weighted by Gasteiger charge is 2.27. The third-order valence-electron chi connectivity index (χ3n) is 13.6. The largest absolute Gasteiger partial charge is 0.383 e. The van der Waals surface area contributed by atoms with Gasteiger partial charge in [0.25, 0.3) is 0 Å². The Labute approximate surface area is 473 Å². The fraction of sp³-hybridized carbons (Fsp3) is 0.206. The molecule has 0 saturated carbocycles. The Balaban J connectivity index is 0.000000135. The van der Waals surface area contributed by atoms with Crippen molar-refractivity contribution in [3.05, 3.63) is 218 Å². The summed E-state index contributed by atoms with van der Waals surface area (Å²) < 4.78 is 0. The van der Waals surface area contributed by atoms with Crippen molar-refractivity contribution >= 4 is 73.2 Å². The van der Waals surface area contributed by atoms with Crippen molar-refractivity contribution in [2.45, 2.75) is 72.0 Å². The first-order valence-electron chi connectivity index (χ1n) is 26.5. The van der Waals surface area contributed by atoms with E-state index in [1.165, 1.54) is 5.56 Å². The summed E-state index contributed by atoms with van der Waals surface area (Å²) in [4.78, 5) is 26.8. The zero-order valence-corrected chi connectivity index (χ0v) is 47.0. The van der Waals surface area contributed by atoms with Gasteiger partial charge >= 0.3 is 0 Å². The van der Waals surface area contributed by atoms with Gasteiger partial charge in [0.05, 0.1) is 52.9 Å². The van der Waals surface area contributed by atoms with E-state index in [-0.39, 0.29) is 16.6 Å². The normalized spacial score (nSPS) is 15.0. The molecule has 0 bridgehead atoms. The number of aryl methyl sites for hydroxylation is 2. The van der Waals surface area contributed by atoms with Crippen LogP contribution in [-0.2, 0) is 0 Å². The van der Waals surface area contributed by atoms with Crippen molar-refractivity contribution in [2.24, 2.45) is 15.0 Å². The fourth-order valence-corrected chi connectivity index (χ4v) is 9.41. The van der Waals surface area contributed by atoms with Crippen LogP contribution in [0.25, 0.3) is 32.4 Å². The van der Waals surface area contributed by atoms with Gasteiger partial charge in [-0.1, -0.05) is 125 Å². The monoisotopic (exact) mass is 1070 g/mol. The van der Waals surface area contributed by atoms with Gasteiger partial charge in [-0.25, -0.2) is 9.97 Å². The van der Waals surface area contributed by atoms with Crippen molar-refractivity contribution in [3.63, 3.8) is 0 Å². The van der Waals surface area contributed by atoms with Crippen LogP contribution in [0.4, 0.5) is 11.6 Å². The lowest BCUT2D eigenvalue weighted by atomic mass is 10.0. The summed E-state index contributed by atoms with van der Waals surface area (Å²) in [5, 5.41) is 15.9. The van der Waals surface area contributed by atoms with Gasteiger partial charge in [-0.2, -0.15) is 0 Å². The molecule has 0 saturated heterocycles. The molecule has 7 N–H and O–H groups in total. The van der Waals surface area contributed by atoms with Gasteiger partial charge in [-0.3, -0.25) is 20.0 Å². The maximum atomic E-state index is 6.25. The minimum atomic E-state index is 0.00791. The van der Waals surface area contributed by atoms with E-state index >= 15 is 0 Å². The van der Waals surface area contributed by atoms with Crippen LogP contribution in [0.3, 0.4) is 0 Å². The van der Waals surface area contributed by atoms with Gasteiger partial charge in [0.2, 0.25) is 0 Å². The van der Waals surface area contributed by atoms with Crippen LogP contribution in [0, 0.1) is 49.4 Å². The summed E-state index contributed by atoms with van der Waals surface area (Å²) in [7, 11) is 0. The average Bonchev–Trinajstić information content (AvgIpc) is 4.15. The van der Waals surface area contributed by atoms with Crippen LogP contribution in [0.15, 0.2) is 167 Å². The lowest BCUT2D eigenvalue weighted by Gasteiger charge is -2.18. The van der Waals surface area contributed by atoms with E-state index in [2.05, 4.69) is 166 Å². The van der Waals surface area contributed by atoms with Gasteiger partial charge in [0.15, 0.2) is 0 Å². The van der Waals surface area contributed by atoms with Crippen LogP contribution in [0.2, 0.25) is 5.02 Å². The molecule has 0 amide bonds. The summed E-state index contributed by atoms with van der Waals surface area (Å²) in [5.41, 5.74) is 23.9. The number of aliphatic imine (C=N–C) groups is 3. The zero-order valence-electron chi connectivity index (χ0n) is 46.3. The second kappa shape index (κ2) is 22.5. The number of rotatable bonds is 3. The number of fused-ring (bicyclic) bond motifs is 3. The average molecular weight is 1070 g/mol. The molecule has 12 heteroatoms. The molecule has 6 aromatic carbocycles. The summed E-state index contributed by atoms with van der Waals surface area (Å²) in [6.07, 6.45) is 3.48. The Morgan fingerprint density at radius 1 is 0.450 bits per heavy atom.